The van der Waals surface area contributed by atoms with E-state index in [0.717, 1.165) is 38.9 Å². The van der Waals surface area contributed by atoms with Crippen LogP contribution in [0.25, 0.3) is 11.1 Å². The molecule has 7 heteroatoms. The number of aliphatic carboxylic acids is 1. The van der Waals surface area contributed by atoms with Gasteiger partial charge in [0.15, 0.2) is 0 Å². The van der Waals surface area contributed by atoms with Gasteiger partial charge in [0.1, 0.15) is 18.2 Å². The molecule has 1 atom stereocenters. The fourth-order valence-electron chi connectivity index (χ4n) is 6.21. The number of fused-ring (bicyclic) bond motifs is 3. The van der Waals surface area contributed by atoms with Crippen LogP contribution < -0.4 is 10.6 Å². The highest BCUT2D eigenvalue weighted by atomic mass is 16.6. The van der Waals surface area contributed by atoms with E-state index in [0.29, 0.717) is 0 Å². The molecule has 1 aliphatic carbocycles. The smallest absolute Gasteiger partial charge is 0.407 e. The molecule has 0 saturated carbocycles. The second-order valence-electron chi connectivity index (χ2n) is 11.0. The van der Waals surface area contributed by atoms with Crippen molar-refractivity contribution in [2.75, 3.05) is 6.61 Å². The lowest BCUT2D eigenvalue weighted by molar-refractivity contribution is -0.141. The predicted octanol–water partition coefficient (Wildman–Crippen LogP) is 6.48. The van der Waals surface area contributed by atoms with Crippen molar-refractivity contribution in [1.29, 1.82) is 0 Å². The fraction of sp³-hybridized carbons (Fsp3) is 0.132. The first-order chi connectivity index (χ1) is 22.0. The van der Waals surface area contributed by atoms with Gasteiger partial charge in [-0.1, -0.05) is 140 Å². The first-order valence-electron chi connectivity index (χ1n) is 14.8. The molecular formula is C38H32N2O5. The van der Waals surface area contributed by atoms with Crippen molar-refractivity contribution in [2.45, 2.75) is 23.9 Å². The first-order valence-corrected chi connectivity index (χ1v) is 14.8. The Morgan fingerprint density at radius 3 is 1.51 bits per heavy atom. The summed E-state index contributed by atoms with van der Waals surface area (Å²) in [4.78, 5) is 39.0. The van der Waals surface area contributed by atoms with Gasteiger partial charge in [-0.05, 0) is 38.9 Å². The van der Waals surface area contributed by atoms with E-state index < -0.39 is 36.0 Å². The Kier molecular flexibility index (Phi) is 8.42. The maximum atomic E-state index is 13.8. The Hall–Kier alpha value is -5.69. The third-order valence-electron chi connectivity index (χ3n) is 8.27. The molecule has 0 aromatic heterocycles. The van der Waals surface area contributed by atoms with E-state index in [1.807, 2.05) is 140 Å². The summed E-state index contributed by atoms with van der Waals surface area (Å²) in [6, 6.07) is 42.9. The van der Waals surface area contributed by atoms with Crippen molar-refractivity contribution < 1.29 is 24.2 Å². The maximum Gasteiger partial charge on any atom is 0.407 e. The average Bonchev–Trinajstić information content (AvgIpc) is 3.40. The number of hydrogen-bond donors (Lipinski definition) is 3. The Morgan fingerprint density at radius 1 is 0.644 bits per heavy atom. The van der Waals surface area contributed by atoms with E-state index in [2.05, 4.69) is 10.6 Å². The van der Waals surface area contributed by atoms with Crippen molar-refractivity contribution in [3.05, 3.63) is 167 Å². The number of carboxylic acid groups (broad SMARTS) is 1. The number of alkyl carbamates (subject to hydrolysis) is 1. The number of carboxylic acids is 1. The van der Waals surface area contributed by atoms with Gasteiger partial charge in [0.25, 0.3) is 0 Å². The second-order valence-corrected chi connectivity index (χ2v) is 11.0. The molecule has 0 unspecified atom stereocenters. The lowest BCUT2D eigenvalue weighted by atomic mass is 9.79. The van der Waals surface area contributed by atoms with Crippen molar-refractivity contribution in [3.8, 4) is 11.1 Å². The largest absolute Gasteiger partial charge is 0.480 e. The van der Waals surface area contributed by atoms with Crippen molar-refractivity contribution in [2.24, 2.45) is 0 Å². The summed E-state index contributed by atoms with van der Waals surface area (Å²) in [5, 5.41) is 15.6. The van der Waals surface area contributed by atoms with Crippen LogP contribution in [0.2, 0.25) is 0 Å². The number of carbonyl (C=O) groups is 3. The molecular weight excluding hydrogens is 570 g/mol. The number of ether oxygens (including phenoxy) is 1. The average molecular weight is 603 g/mol. The minimum atomic E-state index is -1.51. The third-order valence-corrected chi connectivity index (χ3v) is 8.27. The monoisotopic (exact) mass is 602 g/mol. The fourth-order valence-corrected chi connectivity index (χ4v) is 6.21. The summed E-state index contributed by atoms with van der Waals surface area (Å²) in [5.74, 6) is -2.08. The molecule has 224 valence electrons. The summed E-state index contributed by atoms with van der Waals surface area (Å²) < 4.78 is 5.57. The molecule has 0 fully saturated rings. The number of nitrogens with one attached hydrogen (secondary N) is 2. The van der Waals surface area contributed by atoms with Gasteiger partial charge in [-0.2, -0.15) is 0 Å². The highest BCUT2D eigenvalue weighted by Gasteiger charge is 2.39. The minimum absolute atomic E-state index is 0.0253. The molecule has 0 heterocycles. The van der Waals surface area contributed by atoms with Crippen molar-refractivity contribution in [1.82, 2.24) is 10.6 Å². The molecule has 5 aromatic rings. The van der Waals surface area contributed by atoms with Gasteiger partial charge < -0.3 is 20.5 Å². The van der Waals surface area contributed by atoms with Crippen LogP contribution in [0, 0.1) is 0 Å². The molecule has 2 amide bonds. The molecule has 6 rings (SSSR count). The first kappa shape index (κ1) is 29.4. The summed E-state index contributed by atoms with van der Waals surface area (Å²) in [5.41, 5.74) is 5.53. The zero-order valence-electron chi connectivity index (χ0n) is 24.4. The molecule has 0 aliphatic heterocycles. The number of amides is 2. The highest BCUT2D eigenvalue weighted by Crippen LogP contribution is 2.44. The van der Waals surface area contributed by atoms with Crippen LogP contribution in [0.5, 0.6) is 0 Å². The molecule has 0 saturated heterocycles. The van der Waals surface area contributed by atoms with E-state index >= 15 is 0 Å². The van der Waals surface area contributed by atoms with Crippen LogP contribution in [0.15, 0.2) is 140 Å². The summed E-state index contributed by atoms with van der Waals surface area (Å²) in [7, 11) is 0. The van der Waals surface area contributed by atoms with Gasteiger partial charge in [0.05, 0.1) is 6.42 Å². The van der Waals surface area contributed by atoms with Crippen LogP contribution in [0.4, 0.5) is 4.79 Å². The zero-order valence-corrected chi connectivity index (χ0v) is 24.4. The third kappa shape index (κ3) is 5.93. The molecule has 0 spiro atoms. The van der Waals surface area contributed by atoms with E-state index in [4.69, 9.17) is 4.74 Å². The van der Waals surface area contributed by atoms with E-state index in [1.165, 1.54) is 0 Å². The second kappa shape index (κ2) is 12.9. The van der Waals surface area contributed by atoms with Gasteiger partial charge in [0.2, 0.25) is 5.91 Å². The molecule has 3 N–H and O–H groups in total. The number of rotatable bonds is 10. The standard InChI is InChI=1S/C38H32N2O5/c41-35(40-38(26-14-4-1-5-15-26,27-16-6-2-7-17-27)28-18-8-3-9-19-28)24-34(36(42)43)39-37(44)45-25-33-31-22-12-10-20-29(31)30-21-11-13-23-32(30)33/h1-23,33-34H,24-25H2,(H,39,44)(H,40,41)(H,42,43)/t34-/m0/s1/i24+1,34+1,35+1,36+1,39+1,40+1. The van der Waals surface area contributed by atoms with E-state index in [-0.39, 0.29) is 12.5 Å². The lowest BCUT2D eigenvalue weighted by Crippen LogP contribution is -2.51. The molecule has 5 aromatic carbocycles. The Morgan fingerprint density at radius 2 is 1.07 bits per heavy atom. The SMILES string of the molecule is O=C([15NH][13C@@H]([13CH2][13C](=O)[15NH]C(c1ccccc1)(c1ccccc1)c1ccccc1)[13C](=O)O)OCC1c2ccccc2-c2ccccc21. The van der Waals surface area contributed by atoms with E-state index in [1.54, 1.807) is 0 Å². The normalized spacial score (nSPS) is 12.8. The van der Waals surface area contributed by atoms with E-state index in [9.17, 15) is 19.5 Å². The van der Waals surface area contributed by atoms with Crippen molar-refractivity contribution in [3.63, 3.8) is 0 Å². The zero-order chi connectivity index (χ0) is 31.2. The lowest BCUT2D eigenvalue weighted by Gasteiger charge is -2.37. The van der Waals surface area contributed by atoms with Gasteiger partial charge in [-0.15, -0.1) is 0 Å². The molecule has 0 bridgehead atoms. The molecule has 7 nitrogen and oxygen atoms in total. The van der Waals surface area contributed by atoms with Gasteiger partial charge in [-0.3, -0.25) is 4.79 Å². The summed E-state index contributed by atoms with van der Waals surface area (Å²) >= 11 is 0. The summed E-state index contributed by atoms with van der Waals surface area (Å²) in [6.07, 6.45) is -1.41. The Bertz CT molecular complexity index is 1670. The number of benzene rings is 5. The molecule has 0 radical (unpaired) electrons. The van der Waals surface area contributed by atoms with Gasteiger partial charge in [0, 0.05) is 5.92 Å². The van der Waals surface area contributed by atoms with Crippen molar-refractivity contribution >= 4 is 18.0 Å². The van der Waals surface area contributed by atoms with Crippen LogP contribution in [0.1, 0.15) is 40.2 Å². The van der Waals surface area contributed by atoms with Gasteiger partial charge in [-0.25, -0.2) is 9.59 Å². The topological polar surface area (TPSA) is 105 Å². The van der Waals surface area contributed by atoms with Crippen LogP contribution in [-0.2, 0) is 19.9 Å². The minimum Gasteiger partial charge on any atom is -0.480 e. The highest BCUT2D eigenvalue weighted by molar-refractivity contribution is 5.88. The quantitative estimate of drug-likeness (QED) is 0.0965. The maximum absolute atomic E-state index is 13.8. The van der Waals surface area contributed by atoms with Crippen LogP contribution in [0.3, 0.4) is 0 Å². The van der Waals surface area contributed by atoms with Crippen LogP contribution in [-0.4, -0.2) is 35.7 Å². The predicted molar refractivity (Wildman–Crippen MR) is 172 cm³/mol. The molecule has 1 aliphatic rings. The molecule has 45 heavy (non-hydrogen) atoms. The summed E-state index contributed by atoms with van der Waals surface area (Å²) in [6.45, 7) is 0.0253. The number of carbonyl (C=O) groups excluding carboxylic acids is 2. The Balaban J connectivity index is 1.21. The van der Waals surface area contributed by atoms with Crippen LogP contribution >= 0.6 is 0 Å². The Labute approximate surface area is 261 Å². The number of hydrogen-bond acceptors (Lipinski definition) is 4. The van der Waals surface area contributed by atoms with Gasteiger partial charge >= 0.3 is 12.1 Å².